The highest BCUT2D eigenvalue weighted by atomic mass is 79.9. The van der Waals surface area contributed by atoms with E-state index in [0.717, 1.165) is 32.7 Å². The van der Waals surface area contributed by atoms with Crippen molar-refractivity contribution in [2.75, 3.05) is 19.8 Å². The van der Waals surface area contributed by atoms with E-state index in [1.54, 1.807) is 0 Å². The van der Waals surface area contributed by atoms with Crippen LogP contribution in [0.5, 0.6) is 0 Å². The van der Waals surface area contributed by atoms with Crippen LogP contribution in [0.2, 0.25) is 0 Å². The third-order valence-corrected chi connectivity index (χ3v) is 4.41. The molecule has 1 aromatic heterocycles. The van der Waals surface area contributed by atoms with Gasteiger partial charge in [0.25, 0.3) is 0 Å². The summed E-state index contributed by atoms with van der Waals surface area (Å²) in [7, 11) is 0. The predicted molar refractivity (Wildman–Crippen MR) is 74.2 cm³/mol. The number of ether oxygens (including phenoxy) is 1. The van der Waals surface area contributed by atoms with E-state index in [9.17, 15) is 0 Å². The second-order valence-corrected chi connectivity index (χ2v) is 5.95. The molecule has 1 N–H and O–H groups in total. The van der Waals surface area contributed by atoms with Gasteiger partial charge in [-0.15, -0.1) is 11.3 Å². The molecule has 0 spiro atoms. The van der Waals surface area contributed by atoms with Crippen molar-refractivity contribution in [1.82, 2.24) is 5.32 Å². The van der Waals surface area contributed by atoms with Crippen molar-refractivity contribution in [3.05, 3.63) is 20.3 Å². The number of halogens is 1. The van der Waals surface area contributed by atoms with Crippen molar-refractivity contribution < 1.29 is 4.74 Å². The standard InChI is InChI=1S/C12H20BrNOS/c1-3-4-6-15-7-5-14-9-11-8-12(13)10(2)16-11/h8,14H,3-7,9H2,1-2H3. The Morgan fingerprint density at radius 2 is 2.25 bits per heavy atom. The zero-order valence-corrected chi connectivity index (χ0v) is 12.4. The number of aryl methyl sites for hydroxylation is 1. The quantitative estimate of drug-likeness (QED) is 0.739. The van der Waals surface area contributed by atoms with Crippen LogP contribution in [0.3, 0.4) is 0 Å². The van der Waals surface area contributed by atoms with Crippen LogP contribution in [0.25, 0.3) is 0 Å². The molecule has 2 nitrogen and oxygen atoms in total. The van der Waals surface area contributed by atoms with E-state index in [1.807, 2.05) is 11.3 Å². The molecular formula is C12H20BrNOS. The van der Waals surface area contributed by atoms with Crippen molar-refractivity contribution in [2.45, 2.75) is 33.2 Å². The van der Waals surface area contributed by atoms with Crippen LogP contribution in [0.15, 0.2) is 10.5 Å². The highest BCUT2D eigenvalue weighted by Gasteiger charge is 2.01. The van der Waals surface area contributed by atoms with E-state index >= 15 is 0 Å². The van der Waals surface area contributed by atoms with Crippen molar-refractivity contribution in [1.29, 1.82) is 0 Å². The topological polar surface area (TPSA) is 21.3 Å². The zero-order chi connectivity index (χ0) is 11.8. The Morgan fingerprint density at radius 1 is 1.44 bits per heavy atom. The fourth-order valence-corrected chi connectivity index (χ4v) is 2.88. The monoisotopic (exact) mass is 305 g/mol. The highest BCUT2D eigenvalue weighted by Crippen LogP contribution is 2.25. The first-order valence-electron chi connectivity index (χ1n) is 5.77. The normalized spacial score (nSPS) is 10.9. The summed E-state index contributed by atoms with van der Waals surface area (Å²) in [6.07, 6.45) is 2.37. The molecule has 4 heteroatoms. The number of nitrogens with one attached hydrogen (secondary N) is 1. The second-order valence-electron chi connectivity index (χ2n) is 3.76. The fraction of sp³-hybridized carbons (Fsp3) is 0.667. The Bertz CT molecular complexity index is 282. The molecule has 0 amide bonds. The molecule has 0 fully saturated rings. The minimum atomic E-state index is 0.811. The molecule has 0 bridgehead atoms. The van der Waals surface area contributed by atoms with Crippen LogP contribution in [-0.4, -0.2) is 19.8 Å². The number of rotatable bonds is 8. The molecule has 0 aliphatic heterocycles. The lowest BCUT2D eigenvalue weighted by Crippen LogP contribution is -2.18. The Hall–Kier alpha value is 0.1000. The SMILES string of the molecule is CCCCOCCNCc1cc(Br)c(C)s1. The zero-order valence-electron chi connectivity index (χ0n) is 10.0. The van der Waals surface area contributed by atoms with Crippen LogP contribution in [0.4, 0.5) is 0 Å². The first-order valence-corrected chi connectivity index (χ1v) is 7.38. The number of unbranched alkanes of at least 4 members (excludes halogenated alkanes) is 1. The number of thiophene rings is 1. The first kappa shape index (κ1) is 14.2. The highest BCUT2D eigenvalue weighted by molar-refractivity contribution is 9.10. The van der Waals surface area contributed by atoms with Gasteiger partial charge in [-0.3, -0.25) is 0 Å². The van der Waals surface area contributed by atoms with Crippen LogP contribution in [-0.2, 0) is 11.3 Å². The van der Waals surface area contributed by atoms with E-state index in [0.29, 0.717) is 0 Å². The lowest BCUT2D eigenvalue weighted by atomic mass is 10.4. The maximum absolute atomic E-state index is 5.47. The summed E-state index contributed by atoms with van der Waals surface area (Å²) in [5.74, 6) is 0. The average molecular weight is 306 g/mol. The van der Waals surface area contributed by atoms with Gasteiger partial charge in [-0.1, -0.05) is 13.3 Å². The summed E-state index contributed by atoms with van der Waals surface area (Å²) < 4.78 is 6.69. The van der Waals surface area contributed by atoms with Crippen molar-refractivity contribution in [3.8, 4) is 0 Å². The van der Waals surface area contributed by atoms with Crippen LogP contribution < -0.4 is 5.32 Å². The average Bonchev–Trinajstić information content (AvgIpc) is 2.57. The summed E-state index contributed by atoms with van der Waals surface area (Å²) >= 11 is 5.36. The van der Waals surface area contributed by atoms with Crippen LogP contribution >= 0.6 is 27.3 Å². The van der Waals surface area contributed by atoms with E-state index in [2.05, 4.69) is 41.2 Å². The summed E-state index contributed by atoms with van der Waals surface area (Å²) in [6.45, 7) is 7.88. The Kier molecular flexibility index (Phi) is 7.28. The van der Waals surface area contributed by atoms with Gasteiger partial charge in [-0.05, 0) is 35.3 Å². The maximum atomic E-state index is 5.47. The van der Waals surface area contributed by atoms with Crippen LogP contribution in [0, 0.1) is 6.92 Å². The summed E-state index contributed by atoms with van der Waals surface area (Å²) in [4.78, 5) is 2.72. The number of hydrogen-bond donors (Lipinski definition) is 1. The van der Waals surface area contributed by atoms with Gasteiger partial charge in [0.05, 0.1) is 6.61 Å². The third kappa shape index (κ3) is 5.43. The molecule has 0 saturated carbocycles. The van der Waals surface area contributed by atoms with E-state index in [4.69, 9.17) is 4.74 Å². The summed E-state index contributed by atoms with van der Waals surface area (Å²) in [6, 6.07) is 2.19. The van der Waals surface area contributed by atoms with Gasteiger partial charge in [0, 0.05) is 33.9 Å². The van der Waals surface area contributed by atoms with Gasteiger partial charge in [-0.2, -0.15) is 0 Å². The molecule has 1 aromatic rings. The molecule has 1 rings (SSSR count). The third-order valence-electron chi connectivity index (χ3n) is 2.27. The van der Waals surface area contributed by atoms with Gasteiger partial charge in [0.2, 0.25) is 0 Å². The fourth-order valence-electron chi connectivity index (χ4n) is 1.31. The molecule has 0 aromatic carbocycles. The van der Waals surface area contributed by atoms with E-state index < -0.39 is 0 Å². The van der Waals surface area contributed by atoms with Crippen LogP contribution in [0.1, 0.15) is 29.5 Å². The predicted octanol–water partition coefficient (Wildman–Crippen LogP) is 3.73. The lowest BCUT2D eigenvalue weighted by Gasteiger charge is -2.04. The van der Waals surface area contributed by atoms with E-state index in [-0.39, 0.29) is 0 Å². The molecule has 0 atom stereocenters. The molecule has 1 heterocycles. The lowest BCUT2D eigenvalue weighted by molar-refractivity contribution is 0.133. The molecule has 0 saturated heterocycles. The Balaban J connectivity index is 2.03. The first-order chi connectivity index (χ1) is 7.74. The Labute approximate surface area is 111 Å². The Morgan fingerprint density at radius 3 is 2.88 bits per heavy atom. The van der Waals surface area contributed by atoms with Gasteiger partial charge in [0.1, 0.15) is 0 Å². The minimum absolute atomic E-state index is 0.811. The van der Waals surface area contributed by atoms with Crippen molar-refractivity contribution in [2.24, 2.45) is 0 Å². The molecule has 0 unspecified atom stereocenters. The van der Waals surface area contributed by atoms with Gasteiger partial charge >= 0.3 is 0 Å². The van der Waals surface area contributed by atoms with Gasteiger partial charge < -0.3 is 10.1 Å². The summed E-state index contributed by atoms with van der Waals surface area (Å²) in [5, 5.41) is 3.38. The molecule has 92 valence electrons. The van der Waals surface area contributed by atoms with Crippen molar-refractivity contribution >= 4 is 27.3 Å². The largest absolute Gasteiger partial charge is 0.380 e. The molecular weight excluding hydrogens is 286 g/mol. The van der Waals surface area contributed by atoms with Gasteiger partial charge in [0.15, 0.2) is 0 Å². The smallest absolute Gasteiger partial charge is 0.0591 e. The molecule has 0 aliphatic rings. The van der Waals surface area contributed by atoms with Gasteiger partial charge in [-0.25, -0.2) is 0 Å². The number of hydrogen-bond acceptors (Lipinski definition) is 3. The van der Waals surface area contributed by atoms with E-state index in [1.165, 1.54) is 20.6 Å². The van der Waals surface area contributed by atoms with Crippen molar-refractivity contribution in [3.63, 3.8) is 0 Å². The molecule has 0 radical (unpaired) electrons. The molecule has 0 aliphatic carbocycles. The maximum Gasteiger partial charge on any atom is 0.0591 e. The summed E-state index contributed by atoms with van der Waals surface area (Å²) in [5.41, 5.74) is 0. The molecule has 16 heavy (non-hydrogen) atoms. The second kappa shape index (κ2) is 8.23. The minimum Gasteiger partial charge on any atom is -0.380 e.